The highest BCUT2D eigenvalue weighted by molar-refractivity contribution is 5.73. The van der Waals surface area contributed by atoms with Gasteiger partial charge < -0.3 is 4.90 Å². The largest absolute Gasteiger partial charge is 0.340 e. The molecule has 1 heterocycles. The first-order chi connectivity index (χ1) is 6.02. The van der Waals surface area contributed by atoms with Crippen LogP contribution in [-0.4, -0.2) is 23.4 Å². The molecule has 0 N–H and O–H groups in total. The molecule has 0 aromatic carbocycles. The predicted octanol–water partition coefficient (Wildman–Crippen LogP) is 2.29. The van der Waals surface area contributed by atoms with Gasteiger partial charge in [0.05, 0.1) is 0 Å². The zero-order chi connectivity index (χ0) is 10.0. The quantitative estimate of drug-likeness (QED) is 0.611. The van der Waals surface area contributed by atoms with Crippen molar-refractivity contribution in [3.8, 4) is 0 Å². The minimum absolute atomic E-state index is 0.234. The first-order valence-corrected chi connectivity index (χ1v) is 5.29. The van der Waals surface area contributed by atoms with Gasteiger partial charge in [-0.1, -0.05) is 13.8 Å². The second-order valence-electron chi connectivity index (χ2n) is 4.60. The molecule has 1 fully saturated rings. The van der Waals surface area contributed by atoms with Crippen LogP contribution in [0.4, 0.5) is 0 Å². The summed E-state index contributed by atoms with van der Waals surface area (Å²) in [6.45, 7) is 9.29. The Morgan fingerprint density at radius 3 is 2.46 bits per heavy atom. The van der Waals surface area contributed by atoms with Crippen molar-refractivity contribution in [1.82, 2.24) is 4.90 Å². The Hall–Kier alpha value is -0.530. The van der Waals surface area contributed by atoms with Gasteiger partial charge in [0, 0.05) is 19.5 Å². The van der Waals surface area contributed by atoms with E-state index in [4.69, 9.17) is 0 Å². The van der Waals surface area contributed by atoms with Crippen molar-refractivity contribution in [3.63, 3.8) is 0 Å². The molecule has 1 amide bonds. The van der Waals surface area contributed by atoms with Gasteiger partial charge in [-0.2, -0.15) is 0 Å². The molecule has 0 aliphatic carbocycles. The molecule has 2 unspecified atom stereocenters. The Morgan fingerprint density at radius 2 is 2.00 bits per heavy atom. The number of hydrogen-bond acceptors (Lipinski definition) is 1. The first-order valence-electron chi connectivity index (χ1n) is 5.29. The molecule has 2 nitrogen and oxygen atoms in total. The lowest BCUT2D eigenvalue weighted by Gasteiger charge is -2.39. The van der Waals surface area contributed by atoms with Crippen molar-refractivity contribution in [1.29, 1.82) is 0 Å². The molecule has 13 heavy (non-hydrogen) atoms. The molecule has 1 rings (SSSR count). The van der Waals surface area contributed by atoms with Crippen molar-refractivity contribution < 1.29 is 4.79 Å². The summed E-state index contributed by atoms with van der Waals surface area (Å²) >= 11 is 0. The zero-order valence-corrected chi connectivity index (χ0v) is 9.21. The molecule has 2 atom stereocenters. The maximum absolute atomic E-state index is 11.3. The van der Waals surface area contributed by atoms with E-state index in [2.05, 4.69) is 20.8 Å². The number of carbonyl (C=O) groups excluding carboxylic acids is 1. The van der Waals surface area contributed by atoms with E-state index < -0.39 is 0 Å². The Kier molecular flexibility index (Phi) is 3.34. The summed E-state index contributed by atoms with van der Waals surface area (Å²) in [6.07, 6.45) is 2.45. The van der Waals surface area contributed by atoms with Crippen molar-refractivity contribution in [2.75, 3.05) is 6.54 Å². The first kappa shape index (κ1) is 10.6. The summed E-state index contributed by atoms with van der Waals surface area (Å²) in [5.41, 5.74) is 0. The molecule has 1 aliphatic rings. The second-order valence-corrected chi connectivity index (χ2v) is 4.60. The summed E-state index contributed by atoms with van der Waals surface area (Å²) in [7, 11) is 0. The van der Waals surface area contributed by atoms with Crippen LogP contribution in [0.5, 0.6) is 0 Å². The lowest BCUT2D eigenvalue weighted by Crippen LogP contribution is -2.45. The van der Waals surface area contributed by atoms with E-state index in [1.54, 1.807) is 6.92 Å². The number of hydrogen-bond donors (Lipinski definition) is 0. The second kappa shape index (κ2) is 4.12. The van der Waals surface area contributed by atoms with Crippen LogP contribution in [0.1, 0.15) is 40.5 Å². The van der Waals surface area contributed by atoms with Crippen LogP contribution in [0.15, 0.2) is 0 Å². The van der Waals surface area contributed by atoms with Gasteiger partial charge in [-0.25, -0.2) is 0 Å². The van der Waals surface area contributed by atoms with Crippen LogP contribution in [0.3, 0.4) is 0 Å². The Labute approximate surface area is 81.3 Å². The number of rotatable bonds is 1. The average molecular weight is 183 g/mol. The summed E-state index contributed by atoms with van der Waals surface area (Å²) in [5, 5.41) is 0. The third-order valence-electron chi connectivity index (χ3n) is 3.27. The highest BCUT2D eigenvalue weighted by Crippen LogP contribution is 2.26. The fourth-order valence-corrected chi connectivity index (χ4v) is 2.12. The average Bonchev–Trinajstić information content (AvgIpc) is 2.04. The van der Waals surface area contributed by atoms with Gasteiger partial charge >= 0.3 is 0 Å². The summed E-state index contributed by atoms with van der Waals surface area (Å²) < 4.78 is 0. The Balaban J connectivity index is 2.58. The van der Waals surface area contributed by atoms with Crippen LogP contribution in [0, 0.1) is 11.8 Å². The smallest absolute Gasteiger partial charge is 0.219 e. The summed E-state index contributed by atoms with van der Waals surface area (Å²) in [5.74, 6) is 1.65. The fraction of sp³-hybridized carbons (Fsp3) is 0.909. The van der Waals surface area contributed by atoms with E-state index in [-0.39, 0.29) is 5.91 Å². The minimum Gasteiger partial charge on any atom is -0.340 e. The van der Waals surface area contributed by atoms with Crippen LogP contribution in [0.25, 0.3) is 0 Å². The summed E-state index contributed by atoms with van der Waals surface area (Å²) in [4.78, 5) is 13.3. The molecule has 2 heteroatoms. The van der Waals surface area contributed by atoms with Gasteiger partial charge in [0.25, 0.3) is 0 Å². The van der Waals surface area contributed by atoms with Crippen molar-refractivity contribution >= 4 is 5.91 Å². The number of carbonyl (C=O) groups is 1. The molecule has 76 valence electrons. The van der Waals surface area contributed by atoms with E-state index in [1.165, 1.54) is 12.8 Å². The van der Waals surface area contributed by atoms with E-state index >= 15 is 0 Å². The van der Waals surface area contributed by atoms with Gasteiger partial charge in [0.15, 0.2) is 0 Å². The van der Waals surface area contributed by atoms with Gasteiger partial charge in [-0.3, -0.25) is 4.79 Å². The Morgan fingerprint density at radius 1 is 1.38 bits per heavy atom. The van der Waals surface area contributed by atoms with Crippen LogP contribution < -0.4 is 0 Å². The van der Waals surface area contributed by atoms with Crippen molar-refractivity contribution in [2.45, 2.75) is 46.6 Å². The summed E-state index contributed by atoms with van der Waals surface area (Å²) in [6, 6.07) is 0.451. The van der Waals surface area contributed by atoms with Gasteiger partial charge in [-0.05, 0) is 31.6 Å². The van der Waals surface area contributed by atoms with Gasteiger partial charge in [-0.15, -0.1) is 0 Å². The van der Waals surface area contributed by atoms with Crippen molar-refractivity contribution in [3.05, 3.63) is 0 Å². The molecule has 0 bridgehead atoms. The van der Waals surface area contributed by atoms with E-state index in [0.29, 0.717) is 17.9 Å². The molecule has 0 saturated carbocycles. The number of piperidine rings is 1. The molecule has 1 saturated heterocycles. The monoisotopic (exact) mass is 183 g/mol. The molecule has 1 aliphatic heterocycles. The third kappa shape index (κ3) is 2.45. The fourth-order valence-electron chi connectivity index (χ4n) is 2.12. The van der Waals surface area contributed by atoms with E-state index in [1.807, 2.05) is 4.90 Å². The lowest BCUT2D eigenvalue weighted by atomic mass is 9.85. The molecule has 0 radical (unpaired) electrons. The predicted molar refractivity (Wildman–Crippen MR) is 54.4 cm³/mol. The zero-order valence-electron chi connectivity index (χ0n) is 9.21. The van der Waals surface area contributed by atoms with Crippen LogP contribution >= 0.6 is 0 Å². The Bertz CT molecular complexity index is 189. The van der Waals surface area contributed by atoms with E-state index in [9.17, 15) is 4.79 Å². The van der Waals surface area contributed by atoms with Gasteiger partial charge in [0.2, 0.25) is 5.91 Å². The highest BCUT2D eigenvalue weighted by Gasteiger charge is 2.28. The topological polar surface area (TPSA) is 20.3 Å². The highest BCUT2D eigenvalue weighted by atomic mass is 16.2. The molecule has 0 spiro atoms. The molecule has 0 aromatic rings. The maximum atomic E-state index is 11.3. The molecule has 0 aromatic heterocycles. The normalized spacial score (nSPS) is 29.5. The molecular weight excluding hydrogens is 162 g/mol. The standard InChI is InChI=1S/C11H21NO/c1-8(2)11-6-5-9(3)12(7-11)10(4)13/h8-9,11H,5-7H2,1-4H3. The number of likely N-dealkylation sites (tertiary alicyclic amines) is 1. The number of nitrogens with zero attached hydrogens (tertiary/aromatic N) is 1. The minimum atomic E-state index is 0.234. The van der Waals surface area contributed by atoms with Crippen LogP contribution in [-0.2, 0) is 4.79 Å². The maximum Gasteiger partial charge on any atom is 0.219 e. The molecular formula is C11H21NO. The van der Waals surface area contributed by atoms with Crippen LogP contribution in [0.2, 0.25) is 0 Å². The number of amides is 1. The lowest BCUT2D eigenvalue weighted by molar-refractivity contribution is -0.133. The van der Waals surface area contributed by atoms with E-state index in [0.717, 1.165) is 6.54 Å². The van der Waals surface area contributed by atoms with Crippen molar-refractivity contribution in [2.24, 2.45) is 11.8 Å². The van der Waals surface area contributed by atoms with Gasteiger partial charge in [0.1, 0.15) is 0 Å². The third-order valence-corrected chi connectivity index (χ3v) is 3.27. The SMILES string of the molecule is CC(=O)N1CC(C(C)C)CCC1C.